The Labute approximate surface area is 117 Å². The van der Waals surface area contributed by atoms with E-state index in [1.807, 2.05) is 0 Å². The Kier molecular flexibility index (Phi) is 3.91. The Morgan fingerprint density at radius 1 is 1.05 bits per heavy atom. The van der Waals surface area contributed by atoms with Crippen LogP contribution in [0.1, 0.15) is 0 Å². The summed E-state index contributed by atoms with van der Waals surface area (Å²) in [5, 5.41) is 8.16. The van der Waals surface area contributed by atoms with E-state index in [9.17, 15) is 4.79 Å². The smallest absolute Gasteiger partial charge is 0.247 e. The second-order valence-electron chi connectivity index (χ2n) is 4.84. The Morgan fingerprint density at radius 2 is 1.80 bits per heavy atom. The molecule has 1 aromatic heterocycles. The lowest BCUT2D eigenvalue weighted by Crippen LogP contribution is -2.46. The van der Waals surface area contributed by atoms with Crippen LogP contribution in [-0.4, -0.2) is 79.0 Å². The Balaban J connectivity index is 1.69. The molecule has 8 heteroatoms. The van der Waals surface area contributed by atoms with Crippen molar-refractivity contribution in [1.29, 1.82) is 0 Å². The summed E-state index contributed by atoms with van der Waals surface area (Å²) in [4.78, 5) is 21.3. The molecule has 3 heterocycles. The van der Waals surface area contributed by atoms with Gasteiger partial charge in [-0.1, -0.05) is 0 Å². The number of aromatic nitrogens is 3. The van der Waals surface area contributed by atoms with E-state index < -0.39 is 0 Å². The van der Waals surface area contributed by atoms with Crippen molar-refractivity contribution in [2.24, 2.45) is 0 Å². The minimum Gasteiger partial charge on any atom is -0.378 e. The summed E-state index contributed by atoms with van der Waals surface area (Å²) in [7, 11) is 0. The van der Waals surface area contributed by atoms with Gasteiger partial charge in [0.05, 0.1) is 19.4 Å². The van der Waals surface area contributed by atoms with Crippen molar-refractivity contribution in [3.05, 3.63) is 6.20 Å². The van der Waals surface area contributed by atoms with Gasteiger partial charge in [-0.2, -0.15) is 10.1 Å². The third kappa shape index (κ3) is 2.79. The van der Waals surface area contributed by atoms with Crippen LogP contribution in [0.3, 0.4) is 0 Å². The Morgan fingerprint density at radius 3 is 2.50 bits per heavy atom. The average molecular weight is 278 g/mol. The van der Waals surface area contributed by atoms with Crippen LogP contribution in [0.15, 0.2) is 6.20 Å². The van der Waals surface area contributed by atoms with Crippen LogP contribution in [-0.2, 0) is 9.53 Å². The monoisotopic (exact) mass is 278 g/mol. The molecule has 3 rings (SSSR count). The van der Waals surface area contributed by atoms with Crippen LogP contribution in [0.4, 0.5) is 11.8 Å². The quantitative estimate of drug-likeness (QED) is 0.656. The largest absolute Gasteiger partial charge is 0.378 e. The number of hydrogen-bond acceptors (Lipinski definition) is 7. The van der Waals surface area contributed by atoms with Crippen molar-refractivity contribution in [3.63, 3.8) is 0 Å². The molecule has 0 saturated carbocycles. The van der Waals surface area contributed by atoms with Gasteiger partial charge in [0.25, 0.3) is 0 Å². The van der Waals surface area contributed by atoms with Crippen molar-refractivity contribution < 1.29 is 9.53 Å². The number of carbonyl (C=O) groups is 1. The zero-order valence-corrected chi connectivity index (χ0v) is 11.3. The summed E-state index contributed by atoms with van der Waals surface area (Å²) in [5.41, 5.74) is 0. The lowest BCUT2D eigenvalue weighted by atomic mass is 10.3. The number of carbonyl (C=O) groups excluding carboxylic acids is 1. The first-order chi connectivity index (χ1) is 9.86. The maximum absolute atomic E-state index is 10.7. The first-order valence-electron chi connectivity index (χ1n) is 6.83. The lowest BCUT2D eigenvalue weighted by molar-refractivity contribution is -0.118. The van der Waals surface area contributed by atoms with Crippen LogP contribution in [0.25, 0.3) is 0 Å². The fourth-order valence-corrected chi connectivity index (χ4v) is 2.39. The third-order valence-electron chi connectivity index (χ3n) is 3.62. The van der Waals surface area contributed by atoms with Crippen LogP contribution >= 0.6 is 0 Å². The highest BCUT2D eigenvalue weighted by Gasteiger charge is 2.19. The van der Waals surface area contributed by atoms with Gasteiger partial charge in [-0.25, -0.2) is 0 Å². The topological polar surface area (TPSA) is 74.7 Å². The van der Waals surface area contributed by atoms with Crippen LogP contribution in [0.5, 0.6) is 0 Å². The molecule has 0 spiro atoms. The van der Waals surface area contributed by atoms with E-state index in [1.54, 1.807) is 11.1 Å². The molecule has 1 aromatic rings. The molecule has 0 atom stereocenters. The molecular formula is C12H18N6O2. The SMILES string of the molecule is O=CN1CCN(c2cnnc(N3CCOCC3)n2)CC1. The number of anilines is 2. The number of hydrogen-bond donors (Lipinski definition) is 0. The molecule has 2 fully saturated rings. The molecule has 0 aliphatic carbocycles. The minimum atomic E-state index is 0.656. The molecule has 0 bridgehead atoms. The van der Waals surface area contributed by atoms with E-state index in [0.717, 1.165) is 51.5 Å². The Bertz CT molecular complexity index is 457. The molecule has 0 N–H and O–H groups in total. The van der Waals surface area contributed by atoms with Gasteiger partial charge in [0.15, 0.2) is 5.82 Å². The van der Waals surface area contributed by atoms with Crippen LogP contribution in [0, 0.1) is 0 Å². The second-order valence-corrected chi connectivity index (χ2v) is 4.84. The van der Waals surface area contributed by atoms with E-state index in [-0.39, 0.29) is 0 Å². The predicted molar refractivity (Wildman–Crippen MR) is 72.7 cm³/mol. The fraction of sp³-hybridized carbons (Fsp3) is 0.667. The molecule has 8 nitrogen and oxygen atoms in total. The van der Waals surface area contributed by atoms with Gasteiger partial charge in [-0.15, -0.1) is 5.10 Å². The molecule has 0 aromatic carbocycles. The van der Waals surface area contributed by atoms with Gasteiger partial charge in [-0.3, -0.25) is 4.79 Å². The number of nitrogens with zero attached hydrogens (tertiary/aromatic N) is 6. The zero-order valence-electron chi connectivity index (χ0n) is 11.3. The van der Waals surface area contributed by atoms with E-state index in [2.05, 4.69) is 25.0 Å². The molecule has 2 aliphatic rings. The van der Waals surface area contributed by atoms with E-state index in [1.165, 1.54) is 0 Å². The first kappa shape index (κ1) is 13.0. The molecule has 108 valence electrons. The van der Waals surface area contributed by atoms with Gasteiger partial charge in [0.2, 0.25) is 12.4 Å². The van der Waals surface area contributed by atoms with E-state index >= 15 is 0 Å². The summed E-state index contributed by atoms with van der Waals surface area (Å²) in [6.45, 7) is 5.99. The highest BCUT2D eigenvalue weighted by molar-refractivity contribution is 5.49. The molecule has 2 saturated heterocycles. The summed E-state index contributed by atoms with van der Waals surface area (Å²) in [5.74, 6) is 1.48. The minimum absolute atomic E-state index is 0.656. The molecule has 2 aliphatic heterocycles. The molecule has 1 amide bonds. The van der Waals surface area contributed by atoms with Crippen molar-refractivity contribution in [2.75, 3.05) is 62.3 Å². The summed E-state index contributed by atoms with van der Waals surface area (Å²) in [6, 6.07) is 0. The predicted octanol–water partition coefficient (Wildman–Crippen LogP) is -1.01. The standard InChI is InChI=1S/C12H18N6O2/c19-10-16-1-3-17(4-2-16)11-9-13-15-12(14-11)18-5-7-20-8-6-18/h9-10H,1-8H2. The Hall–Kier alpha value is -1.96. The number of rotatable bonds is 3. The maximum Gasteiger partial charge on any atom is 0.247 e. The normalized spacial score (nSPS) is 20.1. The fourth-order valence-electron chi connectivity index (χ4n) is 2.39. The third-order valence-corrected chi connectivity index (χ3v) is 3.62. The lowest BCUT2D eigenvalue weighted by Gasteiger charge is -2.33. The van der Waals surface area contributed by atoms with E-state index in [4.69, 9.17) is 4.74 Å². The maximum atomic E-state index is 10.7. The number of ether oxygens (including phenoxy) is 1. The van der Waals surface area contributed by atoms with Crippen molar-refractivity contribution in [1.82, 2.24) is 20.1 Å². The second kappa shape index (κ2) is 6.00. The molecular weight excluding hydrogens is 260 g/mol. The van der Waals surface area contributed by atoms with Gasteiger partial charge >= 0.3 is 0 Å². The first-order valence-corrected chi connectivity index (χ1v) is 6.83. The van der Waals surface area contributed by atoms with Crippen molar-refractivity contribution in [3.8, 4) is 0 Å². The summed E-state index contributed by atoms with van der Waals surface area (Å²) < 4.78 is 5.33. The van der Waals surface area contributed by atoms with Crippen LogP contribution < -0.4 is 9.80 Å². The van der Waals surface area contributed by atoms with Gasteiger partial charge in [-0.05, 0) is 0 Å². The van der Waals surface area contributed by atoms with Crippen molar-refractivity contribution >= 4 is 18.2 Å². The number of piperazine rings is 1. The number of amides is 1. The van der Waals surface area contributed by atoms with Gasteiger partial charge < -0.3 is 19.4 Å². The van der Waals surface area contributed by atoms with Gasteiger partial charge in [0.1, 0.15) is 0 Å². The molecule has 20 heavy (non-hydrogen) atoms. The van der Waals surface area contributed by atoms with Crippen molar-refractivity contribution in [2.45, 2.75) is 0 Å². The average Bonchev–Trinajstić information content (AvgIpc) is 2.56. The molecule has 0 unspecified atom stereocenters. The van der Waals surface area contributed by atoms with Gasteiger partial charge in [0, 0.05) is 39.3 Å². The number of morpholine rings is 1. The highest BCUT2D eigenvalue weighted by atomic mass is 16.5. The highest BCUT2D eigenvalue weighted by Crippen LogP contribution is 2.16. The van der Waals surface area contributed by atoms with Crippen LogP contribution in [0.2, 0.25) is 0 Å². The van der Waals surface area contributed by atoms with E-state index in [0.29, 0.717) is 19.2 Å². The molecule has 0 radical (unpaired) electrons. The zero-order chi connectivity index (χ0) is 13.8. The summed E-state index contributed by atoms with van der Waals surface area (Å²) >= 11 is 0. The summed E-state index contributed by atoms with van der Waals surface area (Å²) in [6.07, 6.45) is 2.58.